The summed E-state index contributed by atoms with van der Waals surface area (Å²) >= 11 is 1.36. The molecule has 0 saturated carbocycles. The fraction of sp³-hybridized carbons (Fsp3) is 0.333. The number of benzene rings is 2. The second-order valence-corrected chi connectivity index (χ2v) is 7.38. The summed E-state index contributed by atoms with van der Waals surface area (Å²) in [6, 6.07) is 14.5. The van der Waals surface area contributed by atoms with Gasteiger partial charge >= 0.3 is 5.97 Å². The van der Waals surface area contributed by atoms with Gasteiger partial charge in [0.1, 0.15) is 5.75 Å². The van der Waals surface area contributed by atoms with Crippen molar-refractivity contribution in [3.05, 3.63) is 54.1 Å². The molecular formula is C21H25ClN2O4S. The second kappa shape index (κ2) is 10.5. The molecule has 1 amide bonds. The van der Waals surface area contributed by atoms with Gasteiger partial charge in [0.25, 0.3) is 5.91 Å². The van der Waals surface area contributed by atoms with Crippen LogP contribution in [0.5, 0.6) is 5.75 Å². The summed E-state index contributed by atoms with van der Waals surface area (Å²) in [6.45, 7) is -2.12. The molecule has 1 heterocycles. The zero-order valence-corrected chi connectivity index (χ0v) is 17.7. The van der Waals surface area contributed by atoms with Gasteiger partial charge in [0.15, 0.2) is 6.10 Å². The third-order valence-electron chi connectivity index (χ3n) is 4.46. The Balaban J connectivity index is 0.00000363. The number of rotatable bonds is 6. The van der Waals surface area contributed by atoms with Crippen molar-refractivity contribution < 1.29 is 23.2 Å². The van der Waals surface area contributed by atoms with Crippen LogP contribution in [0.15, 0.2) is 53.4 Å². The van der Waals surface area contributed by atoms with E-state index in [0.29, 0.717) is 30.1 Å². The van der Waals surface area contributed by atoms with E-state index in [1.54, 1.807) is 43.3 Å². The molecule has 0 unspecified atom stereocenters. The Labute approximate surface area is 185 Å². The van der Waals surface area contributed by atoms with Crippen molar-refractivity contribution in [2.24, 2.45) is 0 Å². The first-order valence-corrected chi connectivity index (χ1v) is 9.71. The highest BCUT2D eigenvalue weighted by Gasteiger charge is 2.40. The molecule has 2 aromatic rings. The number of nitrogens with zero attached hydrogens (tertiary/aromatic N) is 1. The Kier molecular flexibility index (Phi) is 6.82. The average molecular weight is 440 g/mol. The summed E-state index contributed by atoms with van der Waals surface area (Å²) in [5.74, 6) is -1.23. The van der Waals surface area contributed by atoms with E-state index in [2.05, 4.69) is 5.32 Å². The van der Waals surface area contributed by atoms with Crippen molar-refractivity contribution in [2.45, 2.75) is 23.1 Å². The molecule has 0 saturated heterocycles. The van der Waals surface area contributed by atoms with E-state index in [-0.39, 0.29) is 12.4 Å². The number of para-hydroxylation sites is 1. The Hall–Kier alpha value is -2.22. The number of hydrogen-bond acceptors (Lipinski definition) is 6. The maximum Gasteiger partial charge on any atom is 0.303 e. The zero-order valence-electron chi connectivity index (χ0n) is 19.1. The number of hydrogen-bond donors (Lipinski definition) is 1. The van der Waals surface area contributed by atoms with Crippen molar-refractivity contribution >= 4 is 41.7 Å². The molecule has 0 bridgehead atoms. The summed E-state index contributed by atoms with van der Waals surface area (Å²) in [5.41, 5.74) is 1.41. The van der Waals surface area contributed by atoms with Gasteiger partial charge in [-0.05, 0) is 36.9 Å². The molecule has 8 heteroatoms. The summed E-state index contributed by atoms with van der Waals surface area (Å²) in [4.78, 5) is 28.2. The number of thioether (sulfide) groups is 1. The lowest BCUT2D eigenvalue weighted by atomic mass is 10.1. The number of esters is 1. The van der Waals surface area contributed by atoms with Crippen LogP contribution in [-0.2, 0) is 14.3 Å². The first kappa shape index (κ1) is 18.8. The smallest absolute Gasteiger partial charge is 0.303 e. The number of carbonyl (C=O) groups excluding carboxylic acids is 2. The quantitative estimate of drug-likeness (QED) is 0.695. The SMILES string of the molecule is Cl.[2H]C([2H])([2H])C(=O)O[C@H]1C(=O)N(CCNC)c2ccccc2S[C@H]1c1ccc(OC)cc1. The third-order valence-corrected chi connectivity index (χ3v) is 5.83. The standard InChI is InChI=1S/C21H24N2O4S.ClH/c1-14(24)27-19-20(15-8-10-16(26-3)11-9-15)28-18-7-5-4-6-17(18)23(21(19)25)13-12-22-2;/h4-11,19-20,22H,12-13H2,1-3H3;1H/t19-,20+;/m1./s1/i1D3;. The number of likely N-dealkylation sites (N-methyl/N-ethyl adjacent to an activating group) is 1. The Morgan fingerprint density at radius 1 is 1.24 bits per heavy atom. The minimum absolute atomic E-state index is 0. The number of amides is 1. The van der Waals surface area contributed by atoms with Crippen LogP contribution in [0.4, 0.5) is 5.69 Å². The molecule has 3 rings (SSSR count). The van der Waals surface area contributed by atoms with Gasteiger partial charge in [0, 0.05) is 28.9 Å². The van der Waals surface area contributed by atoms with Crippen molar-refractivity contribution in [3.8, 4) is 5.75 Å². The number of methoxy groups -OCH3 is 1. The molecule has 2 aromatic carbocycles. The topological polar surface area (TPSA) is 67.9 Å². The van der Waals surface area contributed by atoms with E-state index < -0.39 is 30.1 Å². The van der Waals surface area contributed by atoms with E-state index in [9.17, 15) is 9.59 Å². The van der Waals surface area contributed by atoms with Gasteiger partial charge in [-0.3, -0.25) is 9.59 Å². The number of carbonyl (C=O) groups is 2. The summed E-state index contributed by atoms with van der Waals surface area (Å²) < 4.78 is 32.7. The monoisotopic (exact) mass is 439 g/mol. The van der Waals surface area contributed by atoms with E-state index in [1.807, 2.05) is 24.3 Å². The molecule has 6 nitrogen and oxygen atoms in total. The van der Waals surface area contributed by atoms with Gasteiger partial charge in [-0.25, -0.2) is 0 Å². The maximum absolute atomic E-state index is 13.6. The molecule has 1 aliphatic rings. The average Bonchev–Trinajstić information content (AvgIpc) is 2.86. The highest BCUT2D eigenvalue weighted by molar-refractivity contribution is 7.99. The molecule has 0 aliphatic carbocycles. The lowest BCUT2D eigenvalue weighted by molar-refractivity contribution is -0.152. The first-order chi connectivity index (χ1) is 14.8. The number of anilines is 1. The van der Waals surface area contributed by atoms with Gasteiger partial charge in [-0.1, -0.05) is 24.3 Å². The highest BCUT2D eigenvalue weighted by Crippen LogP contribution is 2.46. The minimum Gasteiger partial charge on any atom is -0.497 e. The predicted octanol–water partition coefficient (Wildman–Crippen LogP) is 3.45. The molecular weight excluding hydrogens is 412 g/mol. The molecule has 0 spiro atoms. The number of halogens is 1. The van der Waals surface area contributed by atoms with Crippen LogP contribution in [0.2, 0.25) is 0 Å². The largest absolute Gasteiger partial charge is 0.497 e. The molecule has 2 atom stereocenters. The van der Waals surface area contributed by atoms with Crippen LogP contribution in [0.25, 0.3) is 0 Å². The van der Waals surface area contributed by atoms with Crippen LogP contribution in [0.1, 0.15) is 21.8 Å². The molecule has 0 fully saturated rings. The highest BCUT2D eigenvalue weighted by atomic mass is 35.5. The number of nitrogens with one attached hydrogen (secondary N) is 1. The molecule has 0 radical (unpaired) electrons. The Morgan fingerprint density at radius 3 is 2.62 bits per heavy atom. The fourth-order valence-corrected chi connectivity index (χ4v) is 4.42. The summed E-state index contributed by atoms with van der Waals surface area (Å²) in [5, 5.41) is 2.38. The maximum atomic E-state index is 13.6. The number of fused-ring (bicyclic) bond motifs is 1. The van der Waals surface area contributed by atoms with Gasteiger partial charge in [0.05, 0.1) is 18.0 Å². The normalized spacial score (nSPS) is 20.3. The van der Waals surface area contributed by atoms with Gasteiger partial charge in [-0.2, -0.15) is 0 Å². The Morgan fingerprint density at radius 2 is 1.97 bits per heavy atom. The lowest BCUT2D eigenvalue weighted by Gasteiger charge is -2.27. The molecule has 156 valence electrons. The molecule has 1 N–H and O–H groups in total. The minimum atomic E-state index is -2.97. The first-order valence-electron chi connectivity index (χ1n) is 10.3. The lowest BCUT2D eigenvalue weighted by Crippen LogP contribution is -2.45. The van der Waals surface area contributed by atoms with Crippen LogP contribution in [-0.4, -0.2) is 45.2 Å². The Bertz CT molecular complexity index is 943. The van der Waals surface area contributed by atoms with Crippen LogP contribution < -0.4 is 15.0 Å². The van der Waals surface area contributed by atoms with Crippen molar-refractivity contribution in [2.75, 3.05) is 32.1 Å². The second-order valence-electron chi connectivity index (χ2n) is 6.20. The van der Waals surface area contributed by atoms with Crippen molar-refractivity contribution in [1.82, 2.24) is 5.32 Å². The molecule has 1 aliphatic heterocycles. The van der Waals surface area contributed by atoms with Crippen molar-refractivity contribution in [1.29, 1.82) is 0 Å². The van der Waals surface area contributed by atoms with Crippen LogP contribution >= 0.6 is 24.2 Å². The van der Waals surface area contributed by atoms with Gasteiger partial charge in [-0.15, -0.1) is 24.2 Å². The predicted molar refractivity (Wildman–Crippen MR) is 117 cm³/mol. The molecule has 29 heavy (non-hydrogen) atoms. The summed E-state index contributed by atoms with van der Waals surface area (Å²) in [6.07, 6.45) is -1.31. The van der Waals surface area contributed by atoms with E-state index in [4.69, 9.17) is 13.6 Å². The van der Waals surface area contributed by atoms with Crippen molar-refractivity contribution in [3.63, 3.8) is 0 Å². The van der Waals surface area contributed by atoms with E-state index >= 15 is 0 Å². The number of ether oxygens (including phenoxy) is 2. The van der Waals surface area contributed by atoms with Crippen LogP contribution in [0, 0.1) is 0 Å². The zero-order chi connectivity index (χ0) is 22.6. The van der Waals surface area contributed by atoms with Gasteiger partial charge in [0.2, 0.25) is 0 Å². The summed E-state index contributed by atoms with van der Waals surface area (Å²) in [7, 11) is 3.32. The van der Waals surface area contributed by atoms with E-state index in [1.165, 1.54) is 11.8 Å². The molecule has 0 aromatic heterocycles. The van der Waals surface area contributed by atoms with E-state index in [0.717, 1.165) is 4.90 Å². The van der Waals surface area contributed by atoms with Crippen LogP contribution in [0.3, 0.4) is 0 Å². The fourth-order valence-electron chi connectivity index (χ4n) is 3.10. The van der Waals surface area contributed by atoms with Gasteiger partial charge < -0.3 is 19.7 Å². The third kappa shape index (κ3) is 5.23.